The van der Waals surface area contributed by atoms with Gasteiger partial charge in [0.15, 0.2) is 5.71 Å². The Balaban J connectivity index is 1.20. The summed E-state index contributed by atoms with van der Waals surface area (Å²) in [6.07, 6.45) is 11.7. The van der Waals surface area contributed by atoms with E-state index in [4.69, 9.17) is 15.4 Å². The molecule has 0 unspecified atom stereocenters. The van der Waals surface area contributed by atoms with Gasteiger partial charge in [0, 0.05) is 50.6 Å². The second kappa shape index (κ2) is 13.7. The lowest BCUT2D eigenvalue weighted by atomic mass is 9.83. The van der Waals surface area contributed by atoms with Crippen LogP contribution in [0.5, 0.6) is 0 Å². The molecule has 10 nitrogen and oxygen atoms in total. The lowest BCUT2D eigenvalue weighted by Crippen LogP contribution is -2.50. The van der Waals surface area contributed by atoms with Crippen molar-refractivity contribution in [2.45, 2.75) is 50.2 Å². The fourth-order valence-electron chi connectivity index (χ4n) is 6.99. The van der Waals surface area contributed by atoms with Gasteiger partial charge in [0.1, 0.15) is 12.2 Å². The summed E-state index contributed by atoms with van der Waals surface area (Å²) in [4.78, 5) is 32.4. The van der Waals surface area contributed by atoms with Crippen LogP contribution in [0.2, 0.25) is 0 Å². The molecule has 2 heterocycles. The molecule has 1 saturated carbocycles. The number of carbonyl (C=O) groups is 2. The molecule has 4 N–H and O–H groups in total. The Morgan fingerprint density at radius 1 is 1.16 bits per heavy atom. The van der Waals surface area contributed by atoms with E-state index in [0.29, 0.717) is 31.8 Å². The molecule has 0 radical (unpaired) electrons. The van der Waals surface area contributed by atoms with E-state index in [1.807, 2.05) is 35.2 Å². The third-order valence-corrected chi connectivity index (χ3v) is 9.42. The number of carbonyl (C=O) groups excluding carboxylic acids is 2. The van der Waals surface area contributed by atoms with Crippen molar-refractivity contribution < 1.29 is 24.6 Å². The molecule has 2 aliphatic carbocycles. The van der Waals surface area contributed by atoms with Crippen molar-refractivity contribution in [3.63, 3.8) is 0 Å². The van der Waals surface area contributed by atoms with Crippen LogP contribution in [-0.4, -0.2) is 100 Å². The highest BCUT2D eigenvalue weighted by molar-refractivity contribution is 6.50. The molecule has 5 rings (SSSR count). The molecule has 0 bridgehead atoms. The number of allylic oxidation sites excluding steroid dienone is 2. The summed E-state index contributed by atoms with van der Waals surface area (Å²) in [6.45, 7) is 7.32. The van der Waals surface area contributed by atoms with Gasteiger partial charge in [0.05, 0.1) is 17.4 Å². The summed E-state index contributed by atoms with van der Waals surface area (Å²) in [5.41, 5.74) is 0.814. The van der Waals surface area contributed by atoms with E-state index in [0.717, 1.165) is 57.2 Å². The minimum absolute atomic E-state index is 0.00630. The first kappa shape index (κ1) is 30.7. The quantitative estimate of drug-likeness (QED) is 0.197. The number of aliphatic hydroxyl groups is 1. The maximum Gasteiger partial charge on any atom is 0.410 e. The number of β-amino-alcohol motifs (C(OH)–C–C–N with tert-alkyl or cyclic N) is 1. The Kier molecular flexibility index (Phi) is 9.77. The smallest absolute Gasteiger partial charge is 0.410 e. The molecule has 2 aliphatic heterocycles. The summed E-state index contributed by atoms with van der Waals surface area (Å²) in [7, 11) is 0. The Morgan fingerprint density at radius 2 is 1.88 bits per heavy atom. The van der Waals surface area contributed by atoms with Gasteiger partial charge in [-0.25, -0.2) is 4.79 Å². The normalized spacial score (nSPS) is 26.1. The van der Waals surface area contributed by atoms with E-state index in [-0.39, 0.29) is 41.8 Å². The van der Waals surface area contributed by atoms with Crippen molar-refractivity contribution in [1.29, 1.82) is 5.41 Å². The Bertz CT molecular complexity index is 1280. The SMILES string of the molecule is C=CCN(C(=O)OCC1=C/C(=N/[OH2+])C(=N)C=C1)C1CCN(C[C@H]2CN(C(=O)C3CCCC3)C[C@]2(O)c2ccccc2)CC1. The van der Waals surface area contributed by atoms with Crippen LogP contribution in [0.3, 0.4) is 0 Å². The average molecular weight is 591 g/mol. The first-order chi connectivity index (χ1) is 20.8. The number of ether oxygens (including phenoxy) is 1. The monoisotopic (exact) mass is 590 g/mol. The van der Waals surface area contributed by atoms with E-state index in [1.54, 1.807) is 29.2 Å². The standard InChI is InChI=1S/C33H43N5O5/c1-2-16-38(32(40)43-22-24-12-13-29(34)30(19-24)35-42)28-14-17-36(18-15-28)20-27-21-37(31(39)25-8-6-7-9-25)23-33(27,41)26-10-4-3-5-11-26/h2-5,10-13,19,25,27-28,34,41-42H,1,6-9,14-18,20-23H2/p+1/b34-29?,35-30-/t27-,33-/m0/s1. The first-order valence-corrected chi connectivity index (χ1v) is 15.4. The topological polar surface area (TPSA) is 132 Å². The van der Waals surface area contributed by atoms with Gasteiger partial charge in [-0.05, 0) is 49.0 Å². The van der Waals surface area contributed by atoms with Gasteiger partial charge in [-0.2, -0.15) is 0 Å². The van der Waals surface area contributed by atoms with Crippen LogP contribution in [0.1, 0.15) is 44.1 Å². The number of nitrogens with one attached hydrogen (secondary N) is 1. The predicted octanol–water partition coefficient (Wildman–Crippen LogP) is 3.21. The van der Waals surface area contributed by atoms with Crippen molar-refractivity contribution in [2.75, 3.05) is 45.9 Å². The van der Waals surface area contributed by atoms with E-state index in [9.17, 15) is 14.7 Å². The summed E-state index contributed by atoms with van der Waals surface area (Å²) < 4.78 is 5.61. The van der Waals surface area contributed by atoms with Gasteiger partial charge < -0.3 is 29.8 Å². The zero-order valence-corrected chi connectivity index (χ0v) is 24.8. The average Bonchev–Trinajstić information content (AvgIpc) is 3.69. The molecule has 10 heteroatoms. The highest BCUT2D eigenvalue weighted by atomic mass is 16.6. The summed E-state index contributed by atoms with van der Waals surface area (Å²) in [5, 5.41) is 30.4. The van der Waals surface area contributed by atoms with Crippen LogP contribution >= 0.6 is 0 Å². The zero-order valence-electron chi connectivity index (χ0n) is 24.8. The lowest BCUT2D eigenvalue weighted by molar-refractivity contribution is -0.135. The molecule has 3 fully saturated rings. The third-order valence-electron chi connectivity index (χ3n) is 9.42. The summed E-state index contributed by atoms with van der Waals surface area (Å²) in [5.74, 6) is 0.158. The molecular formula is C33H44N5O5+. The largest absolute Gasteiger partial charge is 0.469 e. The van der Waals surface area contributed by atoms with Crippen LogP contribution < -0.4 is 0 Å². The summed E-state index contributed by atoms with van der Waals surface area (Å²) in [6, 6.07) is 9.75. The van der Waals surface area contributed by atoms with Crippen LogP contribution in [-0.2, 0) is 15.1 Å². The maximum atomic E-state index is 13.4. The van der Waals surface area contributed by atoms with Crippen molar-refractivity contribution in [3.05, 3.63) is 72.4 Å². The molecular weight excluding hydrogens is 546 g/mol. The van der Waals surface area contributed by atoms with Gasteiger partial charge in [-0.1, -0.05) is 55.3 Å². The number of piperidine rings is 1. The van der Waals surface area contributed by atoms with E-state index in [1.165, 1.54) is 0 Å². The van der Waals surface area contributed by atoms with Gasteiger partial charge in [0.25, 0.3) is 0 Å². The molecule has 1 aromatic rings. The van der Waals surface area contributed by atoms with Gasteiger partial charge in [-0.15, -0.1) is 6.58 Å². The third kappa shape index (κ3) is 6.91. The Hall–Kier alpha value is -3.76. The second-order valence-electron chi connectivity index (χ2n) is 12.2. The summed E-state index contributed by atoms with van der Waals surface area (Å²) >= 11 is 0. The van der Waals surface area contributed by atoms with Crippen molar-refractivity contribution >= 4 is 23.4 Å². The molecule has 0 aromatic heterocycles. The van der Waals surface area contributed by atoms with E-state index in [2.05, 4.69) is 16.6 Å². The molecule has 43 heavy (non-hydrogen) atoms. The number of likely N-dealkylation sites (tertiary alicyclic amines) is 2. The second-order valence-corrected chi connectivity index (χ2v) is 12.2. The van der Waals surface area contributed by atoms with Crippen LogP contribution in [0, 0.1) is 17.2 Å². The van der Waals surface area contributed by atoms with Crippen LogP contribution in [0.25, 0.3) is 0 Å². The highest BCUT2D eigenvalue weighted by Gasteiger charge is 2.49. The lowest BCUT2D eigenvalue weighted by Gasteiger charge is -2.40. The minimum atomic E-state index is -1.10. The Morgan fingerprint density at radius 3 is 2.56 bits per heavy atom. The molecule has 4 aliphatic rings. The van der Waals surface area contributed by atoms with Crippen molar-refractivity contribution in [2.24, 2.45) is 17.0 Å². The number of nitrogens with zero attached hydrogens (tertiary/aromatic N) is 4. The number of rotatable bonds is 9. The fraction of sp³-hybridized carbons (Fsp3) is 0.515. The molecule has 230 valence electrons. The van der Waals surface area contributed by atoms with E-state index >= 15 is 0 Å². The zero-order chi connectivity index (χ0) is 30.4. The van der Waals surface area contributed by atoms with E-state index < -0.39 is 11.7 Å². The first-order valence-electron chi connectivity index (χ1n) is 15.4. The van der Waals surface area contributed by atoms with Crippen molar-refractivity contribution in [1.82, 2.24) is 14.7 Å². The number of hydrogen-bond acceptors (Lipinski definition) is 7. The van der Waals surface area contributed by atoms with Gasteiger partial charge in [-0.3, -0.25) is 10.2 Å². The predicted molar refractivity (Wildman–Crippen MR) is 166 cm³/mol. The van der Waals surface area contributed by atoms with Gasteiger partial charge in [0.2, 0.25) is 5.91 Å². The molecule has 2 amide bonds. The number of amides is 2. The molecule has 0 spiro atoms. The van der Waals surface area contributed by atoms with Crippen LogP contribution in [0.15, 0.2) is 71.9 Å². The molecule has 2 atom stereocenters. The van der Waals surface area contributed by atoms with Crippen molar-refractivity contribution in [3.8, 4) is 0 Å². The molecule has 1 aromatic carbocycles. The fourth-order valence-corrected chi connectivity index (χ4v) is 6.99. The molecule has 2 saturated heterocycles. The van der Waals surface area contributed by atoms with Crippen LogP contribution in [0.4, 0.5) is 4.79 Å². The maximum absolute atomic E-state index is 13.4. The number of benzene rings is 1. The number of hydrogen-bond donors (Lipinski definition) is 2. The highest BCUT2D eigenvalue weighted by Crippen LogP contribution is 2.40. The minimum Gasteiger partial charge on any atom is -0.469 e. The Labute approximate surface area is 253 Å². The van der Waals surface area contributed by atoms with Gasteiger partial charge >= 0.3 is 6.09 Å².